The van der Waals surface area contributed by atoms with Crippen LogP contribution in [0, 0.1) is 0 Å². The van der Waals surface area contributed by atoms with E-state index in [1.165, 1.54) is 28.2 Å². The number of carboxylic acid groups (broad SMARTS) is 1. The highest BCUT2D eigenvalue weighted by Gasteiger charge is 2.33. The van der Waals surface area contributed by atoms with Gasteiger partial charge in [-0.15, -0.1) is 11.3 Å². The minimum Gasteiger partial charge on any atom is -0.481 e. The quantitative estimate of drug-likeness (QED) is 0.678. The van der Waals surface area contributed by atoms with E-state index < -0.39 is 28.3 Å². The number of nitrogens with zero attached hydrogens (tertiary/aromatic N) is 1. The molecule has 2 aromatic heterocycles. The van der Waals surface area contributed by atoms with E-state index in [2.05, 4.69) is 0 Å². The highest BCUT2D eigenvalue weighted by molar-refractivity contribution is 7.17. The Morgan fingerprint density at radius 3 is 2.65 bits per heavy atom. The third-order valence-corrected chi connectivity index (χ3v) is 5.13. The second-order valence-electron chi connectivity index (χ2n) is 5.54. The number of aromatic nitrogens is 1. The van der Waals surface area contributed by atoms with Gasteiger partial charge < -0.3 is 9.67 Å². The van der Waals surface area contributed by atoms with E-state index in [0.29, 0.717) is 10.3 Å². The van der Waals surface area contributed by atoms with Crippen LogP contribution in [0.5, 0.6) is 0 Å². The van der Waals surface area contributed by atoms with Crippen molar-refractivity contribution in [3.63, 3.8) is 0 Å². The molecule has 9 heteroatoms. The third-order valence-electron chi connectivity index (χ3n) is 3.85. The molecule has 3 rings (SSSR count). The summed E-state index contributed by atoms with van der Waals surface area (Å²) in [7, 11) is 0. The number of hydrogen-bond acceptors (Lipinski definition) is 3. The highest BCUT2D eigenvalue weighted by atomic mass is 35.5. The first-order valence-corrected chi connectivity index (χ1v) is 8.64. The first kappa shape index (κ1) is 18.5. The van der Waals surface area contributed by atoms with Gasteiger partial charge in [0.15, 0.2) is 0 Å². The number of halogens is 4. The van der Waals surface area contributed by atoms with Crippen molar-refractivity contribution in [2.45, 2.75) is 19.1 Å². The number of fused-ring (bicyclic) bond motifs is 1. The van der Waals surface area contributed by atoms with Crippen LogP contribution in [0.4, 0.5) is 13.2 Å². The Kier molecular flexibility index (Phi) is 4.81. The molecule has 0 aliphatic heterocycles. The molecule has 0 aliphatic rings. The lowest BCUT2D eigenvalue weighted by atomic mass is 10.0. The van der Waals surface area contributed by atoms with Gasteiger partial charge in [-0.05, 0) is 23.8 Å². The van der Waals surface area contributed by atoms with Crippen molar-refractivity contribution in [2.24, 2.45) is 0 Å². The average molecular weight is 402 g/mol. The molecular weight excluding hydrogens is 391 g/mol. The maximum absolute atomic E-state index is 13.1. The van der Waals surface area contributed by atoms with E-state index in [0.717, 1.165) is 12.1 Å². The number of rotatable bonds is 4. The number of aliphatic carboxylic acids is 1. The summed E-state index contributed by atoms with van der Waals surface area (Å²) < 4.78 is 41.2. The molecule has 0 radical (unpaired) electrons. The fraction of sp³-hybridized carbons (Fsp3) is 0.176. The molecule has 0 amide bonds. The van der Waals surface area contributed by atoms with Crippen molar-refractivity contribution >= 4 is 39.0 Å². The molecule has 1 N–H and O–H groups in total. The number of hydrogen-bond donors (Lipinski definition) is 1. The zero-order chi connectivity index (χ0) is 19.1. The van der Waals surface area contributed by atoms with Crippen LogP contribution in [0.15, 0.2) is 40.6 Å². The second-order valence-corrected chi connectivity index (χ2v) is 6.86. The molecule has 0 aliphatic carbocycles. The Bertz CT molecular complexity index is 1060. The molecule has 4 nitrogen and oxygen atoms in total. The van der Waals surface area contributed by atoms with Crippen LogP contribution >= 0.6 is 22.9 Å². The molecule has 0 unspecified atom stereocenters. The van der Waals surface area contributed by atoms with Crippen molar-refractivity contribution in [3.05, 3.63) is 56.8 Å². The Hall–Kier alpha value is -2.32. The molecule has 0 atom stereocenters. The van der Waals surface area contributed by atoms with Crippen LogP contribution < -0.4 is 5.56 Å². The Morgan fingerprint density at radius 2 is 2.00 bits per heavy atom. The summed E-state index contributed by atoms with van der Waals surface area (Å²) >= 11 is 6.88. The van der Waals surface area contributed by atoms with E-state index in [9.17, 15) is 22.8 Å². The molecule has 2 heterocycles. The summed E-state index contributed by atoms with van der Waals surface area (Å²) in [6.45, 7) is -0.0200. The average Bonchev–Trinajstić information content (AvgIpc) is 2.98. The molecule has 0 spiro atoms. The van der Waals surface area contributed by atoms with Gasteiger partial charge in [-0.25, -0.2) is 0 Å². The molecule has 0 bridgehead atoms. The largest absolute Gasteiger partial charge is 0.481 e. The first-order valence-electron chi connectivity index (χ1n) is 7.38. The van der Waals surface area contributed by atoms with Gasteiger partial charge in [0.2, 0.25) is 0 Å². The van der Waals surface area contributed by atoms with Crippen molar-refractivity contribution in [1.82, 2.24) is 4.57 Å². The predicted molar refractivity (Wildman–Crippen MR) is 93.8 cm³/mol. The molecule has 1 aromatic carbocycles. The minimum atomic E-state index is -4.61. The molecule has 26 heavy (non-hydrogen) atoms. The Labute approximate surface area is 154 Å². The topological polar surface area (TPSA) is 59.3 Å². The zero-order valence-electron chi connectivity index (χ0n) is 13.0. The van der Waals surface area contributed by atoms with Gasteiger partial charge in [0, 0.05) is 28.4 Å². The number of pyridine rings is 1. The lowest BCUT2D eigenvalue weighted by Gasteiger charge is -2.11. The molecule has 0 fully saturated rings. The molecule has 0 saturated heterocycles. The van der Waals surface area contributed by atoms with Crippen LogP contribution in [0.1, 0.15) is 12.0 Å². The summed E-state index contributed by atoms with van der Waals surface area (Å²) in [5.41, 5.74) is -0.829. The minimum absolute atomic E-state index is 0.0200. The van der Waals surface area contributed by atoms with Crippen molar-refractivity contribution < 1.29 is 23.1 Å². The predicted octanol–water partition coefficient (Wildman–Crippen LogP) is 4.88. The fourth-order valence-electron chi connectivity index (χ4n) is 2.60. The van der Waals surface area contributed by atoms with Crippen molar-refractivity contribution in [2.75, 3.05) is 0 Å². The summed E-state index contributed by atoms with van der Waals surface area (Å²) in [5, 5.41) is 10.2. The van der Waals surface area contributed by atoms with Crippen LogP contribution in [0.25, 0.3) is 21.2 Å². The zero-order valence-corrected chi connectivity index (χ0v) is 14.6. The van der Waals surface area contributed by atoms with Crippen LogP contribution in [0.3, 0.4) is 0 Å². The van der Waals surface area contributed by atoms with Gasteiger partial charge in [-0.1, -0.05) is 17.7 Å². The van der Waals surface area contributed by atoms with E-state index in [4.69, 9.17) is 16.7 Å². The first-order chi connectivity index (χ1) is 12.2. The van der Waals surface area contributed by atoms with Crippen LogP contribution in [-0.4, -0.2) is 15.6 Å². The normalized spacial score (nSPS) is 11.8. The fourth-order valence-corrected chi connectivity index (χ4v) is 3.78. The van der Waals surface area contributed by atoms with Gasteiger partial charge >= 0.3 is 12.1 Å². The molecular formula is C17H11ClF3NO3S. The summed E-state index contributed by atoms with van der Waals surface area (Å²) in [4.78, 5) is 23.4. The molecule has 3 aromatic rings. The van der Waals surface area contributed by atoms with Gasteiger partial charge in [0.25, 0.3) is 5.56 Å². The van der Waals surface area contributed by atoms with Crippen LogP contribution in [-0.2, 0) is 17.5 Å². The number of carboxylic acids is 1. The van der Waals surface area contributed by atoms with E-state index in [1.807, 2.05) is 0 Å². The molecule has 0 saturated carbocycles. The number of alkyl halides is 3. The Morgan fingerprint density at radius 1 is 1.27 bits per heavy atom. The van der Waals surface area contributed by atoms with E-state index in [1.54, 1.807) is 11.4 Å². The van der Waals surface area contributed by atoms with Crippen LogP contribution in [0.2, 0.25) is 5.02 Å². The lowest BCUT2D eigenvalue weighted by molar-refractivity contribution is -0.138. The van der Waals surface area contributed by atoms with Gasteiger partial charge in [-0.2, -0.15) is 13.2 Å². The summed E-state index contributed by atoms with van der Waals surface area (Å²) in [6.07, 6.45) is -3.36. The maximum atomic E-state index is 13.1. The second kappa shape index (κ2) is 6.77. The summed E-state index contributed by atoms with van der Waals surface area (Å²) in [6, 6.07) is 5.13. The Balaban J connectivity index is 2.16. The molecule has 136 valence electrons. The maximum Gasteiger partial charge on any atom is 0.417 e. The highest BCUT2D eigenvalue weighted by Crippen LogP contribution is 2.39. The van der Waals surface area contributed by atoms with E-state index in [-0.39, 0.29) is 23.9 Å². The number of benzene rings is 1. The smallest absolute Gasteiger partial charge is 0.417 e. The lowest BCUT2D eigenvalue weighted by Crippen LogP contribution is -2.20. The summed E-state index contributed by atoms with van der Waals surface area (Å²) in [5.74, 6) is -1.05. The van der Waals surface area contributed by atoms with Gasteiger partial charge in [-0.3, -0.25) is 9.59 Å². The number of thiophene rings is 1. The number of carbonyl (C=O) groups is 1. The monoisotopic (exact) mass is 401 g/mol. The SMILES string of the molecule is O=C(O)CCn1ccc2scc(-c3ccc(Cl)c(C(F)(F)F)c3)c2c1=O. The van der Waals surface area contributed by atoms with Crippen molar-refractivity contribution in [1.29, 1.82) is 0 Å². The van der Waals surface area contributed by atoms with Crippen molar-refractivity contribution in [3.8, 4) is 11.1 Å². The van der Waals surface area contributed by atoms with Gasteiger partial charge in [0.05, 0.1) is 22.4 Å². The third kappa shape index (κ3) is 3.47. The standard InChI is InChI=1S/C17H11ClF3NO3S/c18-12-2-1-9(7-11(12)17(19,20)21)10-8-26-13-3-5-22(6-4-14(23)24)16(25)15(10)13/h1-3,5,7-8H,4,6H2,(H,23,24). The number of aryl methyl sites for hydroxylation is 1. The van der Waals surface area contributed by atoms with Gasteiger partial charge in [0.1, 0.15) is 0 Å². The van der Waals surface area contributed by atoms with E-state index >= 15 is 0 Å².